The van der Waals surface area contributed by atoms with Crippen LogP contribution >= 0.6 is 0 Å². The molecule has 2 nitrogen and oxygen atoms in total. The number of hydrogen-bond donors (Lipinski definition) is 0. The van der Waals surface area contributed by atoms with Crippen molar-refractivity contribution in [3.05, 3.63) is 0 Å². The zero-order valence-corrected chi connectivity index (χ0v) is 25.2. The summed E-state index contributed by atoms with van der Waals surface area (Å²) in [4.78, 5) is 11.5. The van der Waals surface area contributed by atoms with Gasteiger partial charge in [0.15, 0.2) is 0 Å². The number of ether oxygens (including phenoxy) is 1. The SMILES string of the molecule is CCCCCCCCCCCCCCCCCCCCCCCCCCCCCC(=O)OCCCC. The van der Waals surface area contributed by atoms with Crippen molar-refractivity contribution in [2.75, 3.05) is 6.61 Å². The predicted octanol–water partition coefficient (Wildman–Crippen LogP) is 12.3. The summed E-state index contributed by atoms with van der Waals surface area (Å²) in [6, 6.07) is 0. The molecule has 0 N–H and O–H groups in total. The molecule has 0 aliphatic carbocycles. The Morgan fingerprint density at radius 3 is 0.889 bits per heavy atom. The molecule has 0 saturated carbocycles. The minimum Gasteiger partial charge on any atom is -0.466 e. The van der Waals surface area contributed by atoms with E-state index in [1.54, 1.807) is 0 Å². The monoisotopic (exact) mass is 509 g/mol. The van der Waals surface area contributed by atoms with Gasteiger partial charge in [-0.2, -0.15) is 0 Å². The highest BCUT2D eigenvalue weighted by atomic mass is 16.5. The van der Waals surface area contributed by atoms with Gasteiger partial charge in [-0.3, -0.25) is 4.79 Å². The van der Waals surface area contributed by atoms with Crippen molar-refractivity contribution in [3.8, 4) is 0 Å². The molecule has 0 aromatic rings. The maximum Gasteiger partial charge on any atom is 0.305 e. The van der Waals surface area contributed by atoms with Crippen molar-refractivity contribution in [2.24, 2.45) is 0 Å². The normalized spacial score (nSPS) is 11.3. The molecule has 0 aliphatic rings. The van der Waals surface area contributed by atoms with Crippen LogP contribution in [0.5, 0.6) is 0 Å². The van der Waals surface area contributed by atoms with E-state index in [1.807, 2.05) is 0 Å². The molecule has 0 saturated heterocycles. The molecule has 0 spiro atoms. The average Bonchev–Trinajstić information content (AvgIpc) is 2.88. The average molecular weight is 509 g/mol. The number of carbonyl (C=O) groups is 1. The molecule has 0 atom stereocenters. The van der Waals surface area contributed by atoms with E-state index < -0.39 is 0 Å². The lowest BCUT2D eigenvalue weighted by Crippen LogP contribution is -2.05. The molecule has 36 heavy (non-hydrogen) atoms. The molecule has 0 aromatic carbocycles. The summed E-state index contributed by atoms with van der Waals surface area (Å²) in [5.41, 5.74) is 0. The molecule has 0 rings (SSSR count). The van der Waals surface area contributed by atoms with Gasteiger partial charge in [-0.15, -0.1) is 0 Å². The highest BCUT2D eigenvalue weighted by Crippen LogP contribution is 2.16. The highest BCUT2D eigenvalue weighted by Gasteiger charge is 2.02. The second kappa shape index (κ2) is 32.5. The first kappa shape index (κ1) is 35.5. The molecular formula is C34H68O2. The molecule has 2 heteroatoms. The predicted molar refractivity (Wildman–Crippen MR) is 161 cm³/mol. The first-order valence-electron chi connectivity index (χ1n) is 17.0. The lowest BCUT2D eigenvalue weighted by molar-refractivity contribution is -0.143. The Labute approximate surface area is 228 Å². The van der Waals surface area contributed by atoms with E-state index in [4.69, 9.17) is 4.74 Å². The quantitative estimate of drug-likeness (QED) is 0.0687. The maximum atomic E-state index is 11.5. The Bertz CT molecular complexity index is 406. The molecular weight excluding hydrogens is 440 g/mol. The van der Waals surface area contributed by atoms with Crippen molar-refractivity contribution in [1.82, 2.24) is 0 Å². The van der Waals surface area contributed by atoms with Crippen LogP contribution in [0.1, 0.15) is 206 Å². The van der Waals surface area contributed by atoms with Gasteiger partial charge < -0.3 is 4.74 Å². The Morgan fingerprint density at radius 2 is 0.611 bits per heavy atom. The summed E-state index contributed by atoms with van der Waals surface area (Å²) in [6.07, 6.45) is 40.9. The summed E-state index contributed by atoms with van der Waals surface area (Å²) < 4.78 is 5.20. The second-order valence-corrected chi connectivity index (χ2v) is 11.5. The fourth-order valence-corrected chi connectivity index (χ4v) is 5.16. The van der Waals surface area contributed by atoms with Crippen LogP contribution in [0.15, 0.2) is 0 Å². The third-order valence-electron chi connectivity index (χ3n) is 7.75. The van der Waals surface area contributed by atoms with E-state index in [0.29, 0.717) is 13.0 Å². The first-order chi connectivity index (χ1) is 17.8. The van der Waals surface area contributed by atoms with Gasteiger partial charge in [-0.05, 0) is 12.8 Å². The van der Waals surface area contributed by atoms with E-state index in [9.17, 15) is 4.79 Å². The summed E-state index contributed by atoms with van der Waals surface area (Å²) in [6.45, 7) is 5.03. The zero-order chi connectivity index (χ0) is 26.2. The number of esters is 1. The topological polar surface area (TPSA) is 26.3 Å². The van der Waals surface area contributed by atoms with Crippen LogP contribution in [0.3, 0.4) is 0 Å². The molecule has 0 aromatic heterocycles. The fraction of sp³-hybridized carbons (Fsp3) is 0.971. The van der Waals surface area contributed by atoms with Gasteiger partial charge in [0, 0.05) is 6.42 Å². The van der Waals surface area contributed by atoms with Gasteiger partial charge in [0.1, 0.15) is 0 Å². The van der Waals surface area contributed by atoms with E-state index >= 15 is 0 Å². The maximum absolute atomic E-state index is 11.5. The molecule has 0 fully saturated rings. The van der Waals surface area contributed by atoms with Gasteiger partial charge in [0.25, 0.3) is 0 Å². The highest BCUT2D eigenvalue weighted by molar-refractivity contribution is 5.69. The minimum absolute atomic E-state index is 0.00281. The van der Waals surface area contributed by atoms with Gasteiger partial charge >= 0.3 is 5.97 Å². The van der Waals surface area contributed by atoms with Crippen molar-refractivity contribution in [2.45, 2.75) is 206 Å². The first-order valence-corrected chi connectivity index (χ1v) is 17.0. The van der Waals surface area contributed by atoms with E-state index in [2.05, 4.69) is 13.8 Å². The van der Waals surface area contributed by atoms with Gasteiger partial charge in [-0.25, -0.2) is 0 Å². The van der Waals surface area contributed by atoms with Crippen LogP contribution in [-0.4, -0.2) is 12.6 Å². The minimum atomic E-state index is 0.00281. The number of rotatable bonds is 31. The van der Waals surface area contributed by atoms with Crippen molar-refractivity contribution >= 4 is 5.97 Å². The van der Waals surface area contributed by atoms with Gasteiger partial charge in [0.05, 0.1) is 6.61 Å². The smallest absolute Gasteiger partial charge is 0.305 e. The Balaban J connectivity index is 3.06. The van der Waals surface area contributed by atoms with Crippen molar-refractivity contribution in [3.63, 3.8) is 0 Å². The molecule has 0 amide bonds. The molecule has 0 radical (unpaired) electrons. The molecule has 0 aliphatic heterocycles. The van der Waals surface area contributed by atoms with Crippen LogP contribution in [0, 0.1) is 0 Å². The summed E-state index contributed by atoms with van der Waals surface area (Å²) in [7, 11) is 0. The fourth-order valence-electron chi connectivity index (χ4n) is 5.16. The van der Waals surface area contributed by atoms with E-state index in [0.717, 1.165) is 19.3 Å². The van der Waals surface area contributed by atoms with Crippen LogP contribution in [0.25, 0.3) is 0 Å². The lowest BCUT2D eigenvalue weighted by atomic mass is 10.0. The van der Waals surface area contributed by atoms with Crippen LogP contribution in [0.4, 0.5) is 0 Å². The molecule has 0 unspecified atom stereocenters. The molecule has 0 heterocycles. The second-order valence-electron chi connectivity index (χ2n) is 11.5. The van der Waals surface area contributed by atoms with Crippen LogP contribution in [-0.2, 0) is 9.53 Å². The molecule has 216 valence electrons. The van der Waals surface area contributed by atoms with Crippen LogP contribution in [0.2, 0.25) is 0 Å². The Kier molecular flexibility index (Phi) is 32.0. The number of carbonyl (C=O) groups excluding carboxylic acids is 1. The van der Waals surface area contributed by atoms with E-state index in [-0.39, 0.29) is 5.97 Å². The number of unbranched alkanes of at least 4 members (excludes halogenated alkanes) is 27. The molecule has 0 bridgehead atoms. The van der Waals surface area contributed by atoms with Gasteiger partial charge in [-0.1, -0.05) is 187 Å². The Hall–Kier alpha value is -0.530. The van der Waals surface area contributed by atoms with Gasteiger partial charge in [0.2, 0.25) is 0 Å². The largest absolute Gasteiger partial charge is 0.466 e. The summed E-state index contributed by atoms with van der Waals surface area (Å²) in [5, 5.41) is 0. The Morgan fingerprint density at radius 1 is 0.361 bits per heavy atom. The van der Waals surface area contributed by atoms with Crippen molar-refractivity contribution < 1.29 is 9.53 Å². The zero-order valence-electron chi connectivity index (χ0n) is 25.2. The van der Waals surface area contributed by atoms with Crippen molar-refractivity contribution in [1.29, 1.82) is 0 Å². The third kappa shape index (κ3) is 31.5. The van der Waals surface area contributed by atoms with Crippen LogP contribution < -0.4 is 0 Å². The third-order valence-corrected chi connectivity index (χ3v) is 7.75. The lowest BCUT2D eigenvalue weighted by Gasteiger charge is -2.05. The summed E-state index contributed by atoms with van der Waals surface area (Å²) >= 11 is 0. The number of hydrogen-bond acceptors (Lipinski definition) is 2. The van der Waals surface area contributed by atoms with E-state index in [1.165, 1.54) is 167 Å². The summed E-state index contributed by atoms with van der Waals surface area (Å²) in [5.74, 6) is 0.00281. The standard InChI is InChI=1S/C34H68O2/c1-3-5-7-8-9-10-11-12-13-14-15-16-17-18-19-20-21-22-23-24-25-26-27-28-29-30-31-32-34(35)36-33-6-4-2/h3-33H2,1-2H3.